The van der Waals surface area contributed by atoms with Gasteiger partial charge in [0.15, 0.2) is 0 Å². The Labute approximate surface area is 244 Å². The summed E-state index contributed by atoms with van der Waals surface area (Å²) in [4.78, 5) is 40.9. The van der Waals surface area contributed by atoms with Crippen LogP contribution in [-0.4, -0.2) is 85.9 Å². The second-order valence-corrected chi connectivity index (χ2v) is 11.2. The van der Waals surface area contributed by atoms with E-state index >= 15 is 0 Å². The molecule has 2 aromatic rings. The van der Waals surface area contributed by atoms with E-state index in [-0.39, 0.29) is 41.9 Å². The SMILES string of the molecule is COC[C@H]1CCCN1C(=O)c1cc(C)cc(C(=O)N[C@@H](Cc2cc(F)cc(F)c2)[C@H](O)C2C[C@@H](C(=O)OC)CCN2)c1. The first kappa shape index (κ1) is 31.5. The molecule has 0 spiro atoms. The highest BCUT2D eigenvalue weighted by Crippen LogP contribution is 2.24. The lowest BCUT2D eigenvalue weighted by Gasteiger charge is -2.36. The monoisotopic (exact) mass is 587 g/mol. The lowest BCUT2D eigenvalue weighted by atomic mass is 9.86. The molecule has 5 atom stereocenters. The van der Waals surface area contributed by atoms with Crippen LogP contribution in [0.3, 0.4) is 0 Å². The summed E-state index contributed by atoms with van der Waals surface area (Å²) in [6.07, 6.45) is 1.21. The van der Waals surface area contributed by atoms with Crippen LogP contribution >= 0.6 is 0 Å². The molecule has 42 heavy (non-hydrogen) atoms. The van der Waals surface area contributed by atoms with Crippen molar-refractivity contribution in [2.75, 3.05) is 33.9 Å². The Morgan fingerprint density at radius 1 is 1.07 bits per heavy atom. The smallest absolute Gasteiger partial charge is 0.308 e. The zero-order valence-corrected chi connectivity index (χ0v) is 24.2. The predicted molar refractivity (Wildman–Crippen MR) is 151 cm³/mol. The van der Waals surface area contributed by atoms with Crippen LogP contribution in [0, 0.1) is 24.5 Å². The van der Waals surface area contributed by atoms with Gasteiger partial charge in [0.25, 0.3) is 11.8 Å². The zero-order chi connectivity index (χ0) is 30.4. The van der Waals surface area contributed by atoms with Gasteiger partial charge in [-0.25, -0.2) is 8.78 Å². The summed E-state index contributed by atoms with van der Waals surface area (Å²) in [5.74, 6) is -3.12. The number of aliphatic hydroxyl groups is 1. The van der Waals surface area contributed by atoms with Crippen molar-refractivity contribution in [3.63, 3.8) is 0 Å². The second-order valence-electron chi connectivity index (χ2n) is 11.2. The molecule has 0 bridgehead atoms. The Balaban J connectivity index is 1.58. The van der Waals surface area contributed by atoms with Crippen molar-refractivity contribution in [2.45, 2.75) is 63.3 Å². The summed E-state index contributed by atoms with van der Waals surface area (Å²) >= 11 is 0. The summed E-state index contributed by atoms with van der Waals surface area (Å²) < 4.78 is 38.2. The van der Waals surface area contributed by atoms with Crippen LogP contribution in [0.15, 0.2) is 36.4 Å². The third-order valence-electron chi connectivity index (χ3n) is 8.07. The van der Waals surface area contributed by atoms with Crippen LogP contribution in [0.1, 0.15) is 57.5 Å². The van der Waals surface area contributed by atoms with E-state index < -0.39 is 41.6 Å². The number of esters is 1. The minimum Gasteiger partial charge on any atom is -0.469 e. The largest absolute Gasteiger partial charge is 0.469 e. The van der Waals surface area contributed by atoms with Gasteiger partial charge >= 0.3 is 5.97 Å². The van der Waals surface area contributed by atoms with E-state index in [2.05, 4.69) is 10.6 Å². The van der Waals surface area contributed by atoms with Crippen LogP contribution in [-0.2, 0) is 20.7 Å². The van der Waals surface area contributed by atoms with E-state index in [9.17, 15) is 28.3 Å². The van der Waals surface area contributed by atoms with Gasteiger partial charge in [-0.3, -0.25) is 14.4 Å². The van der Waals surface area contributed by atoms with Gasteiger partial charge in [0, 0.05) is 36.9 Å². The molecule has 228 valence electrons. The van der Waals surface area contributed by atoms with Gasteiger partial charge in [-0.1, -0.05) is 0 Å². The van der Waals surface area contributed by atoms with Crippen LogP contribution in [0.25, 0.3) is 0 Å². The van der Waals surface area contributed by atoms with Gasteiger partial charge in [0.2, 0.25) is 0 Å². The molecular formula is C31H39F2N3O6. The zero-order valence-electron chi connectivity index (χ0n) is 24.2. The number of methoxy groups -OCH3 is 2. The first-order chi connectivity index (χ1) is 20.1. The maximum atomic E-state index is 14.0. The van der Waals surface area contributed by atoms with Gasteiger partial charge in [-0.05, 0) is 87.0 Å². The number of nitrogens with zero attached hydrogens (tertiary/aromatic N) is 1. The molecule has 0 aliphatic carbocycles. The maximum absolute atomic E-state index is 14.0. The van der Waals surface area contributed by atoms with Crippen LogP contribution < -0.4 is 10.6 Å². The fraction of sp³-hybridized carbons (Fsp3) is 0.516. The number of halogens is 2. The first-order valence-corrected chi connectivity index (χ1v) is 14.3. The van der Waals surface area contributed by atoms with Crippen LogP contribution in [0.2, 0.25) is 0 Å². The summed E-state index contributed by atoms with van der Waals surface area (Å²) in [6.45, 7) is 3.25. The Bertz CT molecular complexity index is 1270. The number of piperidine rings is 1. The predicted octanol–water partition coefficient (Wildman–Crippen LogP) is 2.77. The number of amides is 2. The number of ether oxygens (including phenoxy) is 2. The number of carbonyl (C=O) groups is 3. The summed E-state index contributed by atoms with van der Waals surface area (Å²) in [5.41, 5.74) is 1.53. The lowest BCUT2D eigenvalue weighted by Crippen LogP contribution is -2.56. The molecule has 9 nitrogen and oxygen atoms in total. The molecule has 2 aliphatic heterocycles. The first-order valence-electron chi connectivity index (χ1n) is 14.3. The van der Waals surface area contributed by atoms with Gasteiger partial charge in [0.05, 0.1) is 37.8 Å². The molecule has 0 saturated carbocycles. The molecule has 2 saturated heterocycles. The molecule has 2 aromatic carbocycles. The lowest BCUT2D eigenvalue weighted by molar-refractivity contribution is -0.147. The van der Waals surface area contributed by atoms with E-state index in [1.165, 1.54) is 13.2 Å². The van der Waals surface area contributed by atoms with Gasteiger partial charge in [0.1, 0.15) is 11.6 Å². The number of aryl methyl sites for hydroxylation is 1. The molecular weight excluding hydrogens is 548 g/mol. The maximum Gasteiger partial charge on any atom is 0.308 e. The van der Waals surface area contributed by atoms with Crippen LogP contribution in [0.5, 0.6) is 0 Å². The highest BCUT2D eigenvalue weighted by Gasteiger charge is 2.36. The molecule has 11 heteroatoms. The number of benzene rings is 2. The normalized spacial score (nSPS) is 22.0. The van der Waals surface area contributed by atoms with E-state index in [1.807, 2.05) is 0 Å². The topological polar surface area (TPSA) is 117 Å². The third kappa shape index (κ3) is 7.70. The van der Waals surface area contributed by atoms with Crippen molar-refractivity contribution in [2.24, 2.45) is 5.92 Å². The Morgan fingerprint density at radius 2 is 1.79 bits per heavy atom. The summed E-state index contributed by atoms with van der Waals surface area (Å²) in [5, 5.41) is 17.5. The van der Waals surface area contributed by atoms with Crippen LogP contribution in [0.4, 0.5) is 8.78 Å². The van der Waals surface area contributed by atoms with Gasteiger partial charge in [-0.2, -0.15) is 0 Å². The highest BCUT2D eigenvalue weighted by atomic mass is 19.1. The fourth-order valence-electron chi connectivity index (χ4n) is 6.04. The quantitative estimate of drug-likeness (QED) is 0.366. The van der Waals surface area contributed by atoms with E-state index in [4.69, 9.17) is 9.47 Å². The van der Waals surface area contributed by atoms with Crippen molar-refractivity contribution < 1.29 is 37.7 Å². The molecule has 0 aromatic heterocycles. The van der Waals surface area contributed by atoms with E-state index in [0.29, 0.717) is 37.2 Å². The number of aliphatic hydroxyl groups excluding tert-OH is 1. The third-order valence-corrected chi connectivity index (χ3v) is 8.07. The van der Waals surface area contributed by atoms with Crippen molar-refractivity contribution >= 4 is 17.8 Å². The van der Waals surface area contributed by atoms with Crippen molar-refractivity contribution in [3.05, 3.63) is 70.3 Å². The molecule has 2 aliphatic rings. The molecule has 2 fully saturated rings. The Kier molecular flexibility index (Phi) is 10.6. The average Bonchev–Trinajstić information content (AvgIpc) is 3.43. The number of rotatable bonds is 10. The Hall–Kier alpha value is -3.41. The van der Waals surface area contributed by atoms with Crippen molar-refractivity contribution in [1.82, 2.24) is 15.5 Å². The molecule has 3 N–H and O–H groups in total. The molecule has 0 radical (unpaired) electrons. The molecule has 2 heterocycles. The van der Waals surface area contributed by atoms with Crippen molar-refractivity contribution in [3.8, 4) is 0 Å². The minimum absolute atomic E-state index is 0.0386. The molecule has 1 unspecified atom stereocenters. The van der Waals surface area contributed by atoms with E-state index in [1.54, 1.807) is 31.1 Å². The number of hydrogen-bond donors (Lipinski definition) is 3. The highest BCUT2D eigenvalue weighted by molar-refractivity contribution is 6.00. The number of hydrogen-bond acceptors (Lipinski definition) is 7. The second kappa shape index (κ2) is 14.2. The number of carbonyl (C=O) groups excluding carboxylic acids is 3. The number of likely N-dealkylation sites (tertiary alicyclic amines) is 1. The van der Waals surface area contributed by atoms with Gasteiger partial charge < -0.3 is 30.1 Å². The molecule has 2 amide bonds. The van der Waals surface area contributed by atoms with Crippen molar-refractivity contribution in [1.29, 1.82) is 0 Å². The fourth-order valence-corrected chi connectivity index (χ4v) is 6.04. The van der Waals surface area contributed by atoms with E-state index in [0.717, 1.165) is 31.0 Å². The molecule has 4 rings (SSSR count). The summed E-state index contributed by atoms with van der Waals surface area (Å²) in [6, 6.07) is 6.33. The van der Waals surface area contributed by atoms with Gasteiger partial charge in [-0.15, -0.1) is 0 Å². The Morgan fingerprint density at radius 3 is 2.48 bits per heavy atom. The standard InChI is InChI=1S/C31H39F2N3O6/c1-18-9-21(14-22(10-18)30(39)36-8-4-5-25(36)17-41-2)29(38)35-27(13-19-11-23(32)16-24(33)12-19)28(37)26-15-20(6-7-34-26)31(40)42-3/h9-12,14,16,20,25-28,34,37H,4-8,13,15,17H2,1-3H3,(H,35,38)/t20-,25+,26?,27-,28+/m0/s1. The minimum atomic E-state index is -1.21. The summed E-state index contributed by atoms with van der Waals surface area (Å²) in [7, 11) is 2.90. The number of nitrogens with one attached hydrogen (secondary N) is 2. The average molecular weight is 588 g/mol.